The minimum atomic E-state index is 0.0761. The van der Waals surface area contributed by atoms with Crippen molar-refractivity contribution in [2.75, 3.05) is 13.7 Å². The zero-order chi connectivity index (χ0) is 13.8. The second-order valence-corrected chi connectivity index (χ2v) is 4.72. The van der Waals surface area contributed by atoms with Crippen LogP contribution in [0.2, 0.25) is 5.02 Å². The van der Waals surface area contributed by atoms with Crippen molar-refractivity contribution >= 4 is 11.6 Å². The van der Waals surface area contributed by atoms with E-state index in [0.29, 0.717) is 10.8 Å². The van der Waals surface area contributed by atoms with E-state index in [2.05, 4.69) is 12.2 Å². The first-order valence-electron chi connectivity index (χ1n) is 6.28. The summed E-state index contributed by atoms with van der Waals surface area (Å²) in [5.41, 5.74) is 2.22. The highest BCUT2D eigenvalue weighted by Gasteiger charge is 2.18. The Bertz CT molecular complexity index is 551. The SMILES string of the molecule is CCNC(c1ccc(OC)c(Cl)c1)c1ccoc1C. The van der Waals surface area contributed by atoms with Crippen molar-refractivity contribution in [2.45, 2.75) is 19.9 Å². The predicted molar refractivity (Wildman–Crippen MR) is 77.0 cm³/mol. The first-order chi connectivity index (χ1) is 9.17. The molecule has 1 heterocycles. The lowest BCUT2D eigenvalue weighted by atomic mass is 9.99. The van der Waals surface area contributed by atoms with E-state index < -0.39 is 0 Å². The number of nitrogens with one attached hydrogen (secondary N) is 1. The van der Waals surface area contributed by atoms with Crippen LogP contribution in [-0.4, -0.2) is 13.7 Å². The quantitative estimate of drug-likeness (QED) is 0.900. The van der Waals surface area contributed by atoms with Gasteiger partial charge >= 0.3 is 0 Å². The second kappa shape index (κ2) is 6.13. The molecule has 0 spiro atoms. The fourth-order valence-corrected chi connectivity index (χ4v) is 2.43. The Morgan fingerprint density at radius 3 is 2.68 bits per heavy atom. The number of benzene rings is 1. The Balaban J connectivity index is 2.39. The van der Waals surface area contributed by atoms with E-state index in [1.54, 1.807) is 13.4 Å². The summed E-state index contributed by atoms with van der Waals surface area (Å²) < 4.78 is 10.6. The summed E-state index contributed by atoms with van der Waals surface area (Å²) in [6.45, 7) is 4.90. The number of ether oxygens (including phenoxy) is 1. The van der Waals surface area contributed by atoms with Crippen molar-refractivity contribution in [3.8, 4) is 5.75 Å². The third kappa shape index (κ3) is 2.94. The molecule has 102 valence electrons. The number of halogens is 1. The Kier molecular flexibility index (Phi) is 4.51. The van der Waals surface area contributed by atoms with Gasteiger partial charge in [0.05, 0.1) is 24.4 Å². The van der Waals surface area contributed by atoms with Gasteiger partial charge in [0.2, 0.25) is 0 Å². The van der Waals surface area contributed by atoms with Crippen LogP contribution in [0.5, 0.6) is 5.75 Å². The molecule has 0 bridgehead atoms. The van der Waals surface area contributed by atoms with Gasteiger partial charge < -0.3 is 14.5 Å². The minimum Gasteiger partial charge on any atom is -0.495 e. The van der Waals surface area contributed by atoms with E-state index in [1.807, 2.05) is 31.2 Å². The fourth-order valence-electron chi connectivity index (χ4n) is 2.17. The van der Waals surface area contributed by atoms with E-state index in [0.717, 1.165) is 23.4 Å². The van der Waals surface area contributed by atoms with Crippen LogP contribution in [0.15, 0.2) is 34.9 Å². The van der Waals surface area contributed by atoms with E-state index in [1.165, 1.54) is 0 Å². The Morgan fingerprint density at radius 2 is 2.16 bits per heavy atom. The smallest absolute Gasteiger partial charge is 0.137 e. The van der Waals surface area contributed by atoms with Gasteiger partial charge in [0.1, 0.15) is 11.5 Å². The standard InChI is InChI=1S/C15H18ClNO2/c1-4-17-15(12-7-8-19-10(12)2)11-5-6-14(18-3)13(16)9-11/h5-9,15,17H,4H2,1-3H3. The van der Waals surface area contributed by atoms with Gasteiger partial charge in [0.15, 0.2) is 0 Å². The molecule has 1 atom stereocenters. The highest BCUT2D eigenvalue weighted by Crippen LogP contribution is 2.31. The lowest BCUT2D eigenvalue weighted by Gasteiger charge is -2.19. The average molecular weight is 280 g/mol. The van der Waals surface area contributed by atoms with Gasteiger partial charge in [-0.15, -0.1) is 0 Å². The molecule has 0 amide bonds. The van der Waals surface area contributed by atoms with Crippen LogP contribution in [0, 0.1) is 6.92 Å². The molecule has 1 aromatic heterocycles. The molecular weight excluding hydrogens is 262 g/mol. The third-order valence-electron chi connectivity index (χ3n) is 3.13. The number of rotatable bonds is 5. The van der Waals surface area contributed by atoms with Gasteiger partial charge in [-0.25, -0.2) is 0 Å². The van der Waals surface area contributed by atoms with E-state index in [9.17, 15) is 0 Å². The highest BCUT2D eigenvalue weighted by molar-refractivity contribution is 6.32. The summed E-state index contributed by atoms with van der Waals surface area (Å²) in [5, 5.41) is 4.06. The second-order valence-electron chi connectivity index (χ2n) is 4.32. The first kappa shape index (κ1) is 14.0. The topological polar surface area (TPSA) is 34.4 Å². The maximum atomic E-state index is 6.20. The summed E-state index contributed by atoms with van der Waals surface area (Å²) in [4.78, 5) is 0. The van der Waals surface area contributed by atoms with Gasteiger partial charge in [-0.05, 0) is 37.2 Å². The molecule has 3 nitrogen and oxygen atoms in total. The third-order valence-corrected chi connectivity index (χ3v) is 3.42. The van der Waals surface area contributed by atoms with E-state index >= 15 is 0 Å². The molecule has 0 saturated carbocycles. The van der Waals surface area contributed by atoms with Crippen molar-refractivity contribution in [3.63, 3.8) is 0 Å². The molecular formula is C15H18ClNO2. The van der Waals surface area contributed by atoms with Crippen molar-refractivity contribution in [3.05, 3.63) is 52.4 Å². The van der Waals surface area contributed by atoms with Crippen LogP contribution in [0.25, 0.3) is 0 Å². The molecule has 1 N–H and O–H groups in total. The summed E-state index contributed by atoms with van der Waals surface area (Å²) in [7, 11) is 1.61. The molecule has 19 heavy (non-hydrogen) atoms. The molecule has 0 aliphatic heterocycles. The maximum absolute atomic E-state index is 6.20. The van der Waals surface area contributed by atoms with Crippen LogP contribution in [-0.2, 0) is 0 Å². The molecule has 1 aromatic carbocycles. The van der Waals surface area contributed by atoms with Crippen LogP contribution in [0.4, 0.5) is 0 Å². The van der Waals surface area contributed by atoms with E-state index in [4.69, 9.17) is 20.8 Å². The van der Waals surface area contributed by atoms with Gasteiger partial charge in [-0.1, -0.05) is 24.6 Å². The van der Waals surface area contributed by atoms with Crippen LogP contribution in [0.1, 0.15) is 29.9 Å². The molecule has 0 aliphatic carbocycles. The number of aryl methyl sites for hydroxylation is 1. The van der Waals surface area contributed by atoms with Crippen molar-refractivity contribution in [2.24, 2.45) is 0 Å². The van der Waals surface area contributed by atoms with Crippen LogP contribution < -0.4 is 10.1 Å². The lowest BCUT2D eigenvalue weighted by molar-refractivity contribution is 0.414. The number of hydrogen-bond donors (Lipinski definition) is 1. The predicted octanol–water partition coefficient (Wildman–Crippen LogP) is 3.95. The average Bonchev–Trinajstić information content (AvgIpc) is 2.82. The van der Waals surface area contributed by atoms with Crippen LogP contribution >= 0.6 is 11.6 Å². The molecule has 0 aliphatic rings. The molecule has 2 rings (SSSR count). The summed E-state index contributed by atoms with van der Waals surface area (Å²) >= 11 is 6.20. The Morgan fingerprint density at radius 1 is 1.37 bits per heavy atom. The highest BCUT2D eigenvalue weighted by atomic mass is 35.5. The van der Waals surface area contributed by atoms with Crippen molar-refractivity contribution in [1.82, 2.24) is 5.32 Å². The summed E-state index contributed by atoms with van der Waals surface area (Å²) in [6, 6.07) is 7.90. The molecule has 0 radical (unpaired) electrons. The number of methoxy groups -OCH3 is 1. The zero-order valence-corrected chi connectivity index (χ0v) is 12.1. The molecule has 1 unspecified atom stereocenters. The van der Waals surface area contributed by atoms with Gasteiger partial charge in [0.25, 0.3) is 0 Å². The van der Waals surface area contributed by atoms with Gasteiger partial charge in [-0.3, -0.25) is 0 Å². The molecule has 0 saturated heterocycles. The van der Waals surface area contributed by atoms with Gasteiger partial charge in [0, 0.05) is 5.56 Å². The monoisotopic (exact) mass is 279 g/mol. The largest absolute Gasteiger partial charge is 0.495 e. The number of furan rings is 1. The lowest BCUT2D eigenvalue weighted by Crippen LogP contribution is -2.22. The minimum absolute atomic E-state index is 0.0761. The number of hydrogen-bond acceptors (Lipinski definition) is 3. The summed E-state index contributed by atoms with van der Waals surface area (Å²) in [5.74, 6) is 1.60. The molecule has 0 fully saturated rings. The maximum Gasteiger partial charge on any atom is 0.137 e. The Hall–Kier alpha value is -1.45. The zero-order valence-electron chi connectivity index (χ0n) is 11.4. The first-order valence-corrected chi connectivity index (χ1v) is 6.66. The molecule has 4 heteroatoms. The normalized spacial score (nSPS) is 12.4. The fraction of sp³-hybridized carbons (Fsp3) is 0.333. The van der Waals surface area contributed by atoms with Gasteiger partial charge in [-0.2, -0.15) is 0 Å². The van der Waals surface area contributed by atoms with Crippen molar-refractivity contribution in [1.29, 1.82) is 0 Å². The van der Waals surface area contributed by atoms with Crippen LogP contribution in [0.3, 0.4) is 0 Å². The Labute approximate surface area is 118 Å². The van der Waals surface area contributed by atoms with E-state index in [-0.39, 0.29) is 6.04 Å². The summed E-state index contributed by atoms with van der Waals surface area (Å²) in [6.07, 6.45) is 1.71. The van der Waals surface area contributed by atoms with Crippen molar-refractivity contribution < 1.29 is 9.15 Å². The molecule has 2 aromatic rings.